The largest absolute Gasteiger partial charge is 0.462 e. The Bertz CT molecular complexity index is 702. The summed E-state index contributed by atoms with van der Waals surface area (Å²) in [6.45, 7) is 11.5. The number of ether oxygens (including phenoxy) is 1. The van der Waals surface area contributed by atoms with Crippen LogP contribution in [0.2, 0.25) is 0 Å². The van der Waals surface area contributed by atoms with E-state index in [1.165, 1.54) is 11.3 Å². The van der Waals surface area contributed by atoms with Crippen molar-refractivity contribution in [2.75, 3.05) is 23.8 Å². The summed E-state index contributed by atoms with van der Waals surface area (Å²) in [6.07, 6.45) is 0. The lowest BCUT2D eigenvalue weighted by Gasteiger charge is -2.36. The quantitative estimate of drug-likeness (QED) is 0.790. The van der Waals surface area contributed by atoms with Crippen LogP contribution < -0.4 is 10.6 Å². The van der Waals surface area contributed by atoms with Crippen LogP contribution in [-0.4, -0.2) is 24.7 Å². The summed E-state index contributed by atoms with van der Waals surface area (Å²) in [5.41, 5.74) is 8.48. The van der Waals surface area contributed by atoms with Crippen LogP contribution in [0.4, 0.5) is 10.0 Å². The first-order chi connectivity index (χ1) is 11.3. The molecule has 0 atom stereocenters. The van der Waals surface area contributed by atoms with Crippen LogP contribution in [0, 0.1) is 0 Å². The molecule has 0 aliphatic carbocycles. The fraction of sp³-hybridized carbons (Fsp3) is 0.421. The number of anilines is 2. The highest BCUT2D eigenvalue weighted by Gasteiger charge is 2.30. The summed E-state index contributed by atoms with van der Waals surface area (Å²) in [7, 11) is 0. The molecule has 1 heterocycles. The third-order valence-corrected chi connectivity index (χ3v) is 4.87. The predicted molar refractivity (Wildman–Crippen MR) is 103 cm³/mol. The molecule has 5 heteroatoms. The highest BCUT2D eigenvalue weighted by atomic mass is 32.1. The van der Waals surface area contributed by atoms with Gasteiger partial charge in [0.2, 0.25) is 0 Å². The highest BCUT2D eigenvalue weighted by Crippen LogP contribution is 2.46. The van der Waals surface area contributed by atoms with Crippen molar-refractivity contribution in [3.63, 3.8) is 0 Å². The van der Waals surface area contributed by atoms with Gasteiger partial charge in [0.1, 0.15) is 15.6 Å². The molecule has 0 unspecified atom stereocenters. The average molecular weight is 346 g/mol. The Labute approximate surface area is 148 Å². The van der Waals surface area contributed by atoms with Crippen LogP contribution in [0.5, 0.6) is 0 Å². The Kier molecular flexibility index (Phi) is 5.54. The number of esters is 1. The minimum atomic E-state index is -0.360. The van der Waals surface area contributed by atoms with Crippen molar-refractivity contribution in [1.82, 2.24) is 0 Å². The number of hydrogen-bond donors (Lipinski definition) is 1. The molecule has 0 saturated carbocycles. The fourth-order valence-electron chi connectivity index (χ4n) is 2.83. The molecule has 0 bridgehead atoms. The maximum atomic E-state index is 12.5. The molecule has 0 fully saturated rings. The van der Waals surface area contributed by atoms with E-state index < -0.39 is 0 Å². The topological polar surface area (TPSA) is 55.6 Å². The normalized spacial score (nSPS) is 11.4. The van der Waals surface area contributed by atoms with E-state index in [2.05, 4.69) is 32.6 Å². The van der Waals surface area contributed by atoms with Crippen LogP contribution in [0.1, 0.15) is 45.0 Å². The van der Waals surface area contributed by atoms with Crippen molar-refractivity contribution in [3.8, 4) is 11.1 Å². The van der Waals surface area contributed by atoms with Crippen molar-refractivity contribution < 1.29 is 9.53 Å². The number of nitrogens with zero attached hydrogens (tertiary/aromatic N) is 1. The second-order valence-corrected chi connectivity index (χ2v) is 7.55. The Balaban J connectivity index is 2.72. The average Bonchev–Trinajstić information content (AvgIpc) is 2.84. The third-order valence-electron chi connectivity index (χ3n) is 3.83. The number of carbonyl (C=O) groups is 1. The Morgan fingerprint density at radius 3 is 2.33 bits per heavy atom. The molecule has 1 aromatic heterocycles. The standard InChI is InChI=1S/C19H26N2O2S/c1-6-21(19(3,4)5)17-14(13-11-9-8-10-12-13)15(16(20)24-17)18(22)23-7-2/h8-12H,6-7,20H2,1-5H3. The summed E-state index contributed by atoms with van der Waals surface area (Å²) < 4.78 is 5.25. The zero-order chi connectivity index (χ0) is 17.9. The van der Waals surface area contributed by atoms with E-state index >= 15 is 0 Å². The second kappa shape index (κ2) is 7.26. The molecule has 130 valence electrons. The Morgan fingerprint density at radius 2 is 1.83 bits per heavy atom. The van der Waals surface area contributed by atoms with Crippen molar-refractivity contribution in [1.29, 1.82) is 0 Å². The van der Waals surface area contributed by atoms with Gasteiger partial charge in [-0.05, 0) is 40.2 Å². The minimum Gasteiger partial charge on any atom is -0.462 e. The van der Waals surface area contributed by atoms with Gasteiger partial charge in [0.25, 0.3) is 0 Å². The van der Waals surface area contributed by atoms with Crippen molar-refractivity contribution >= 4 is 27.3 Å². The van der Waals surface area contributed by atoms with Gasteiger partial charge in [-0.3, -0.25) is 0 Å². The van der Waals surface area contributed by atoms with E-state index in [0.29, 0.717) is 17.2 Å². The van der Waals surface area contributed by atoms with Gasteiger partial charge in [0.15, 0.2) is 0 Å². The molecule has 0 saturated heterocycles. The zero-order valence-corrected chi connectivity index (χ0v) is 15.9. The number of thiophene rings is 1. The summed E-state index contributed by atoms with van der Waals surface area (Å²) in [6, 6.07) is 9.91. The molecule has 4 nitrogen and oxygen atoms in total. The summed E-state index contributed by atoms with van der Waals surface area (Å²) in [5, 5.41) is 1.52. The zero-order valence-electron chi connectivity index (χ0n) is 15.1. The van der Waals surface area contributed by atoms with E-state index in [-0.39, 0.29) is 11.5 Å². The van der Waals surface area contributed by atoms with Gasteiger partial charge < -0.3 is 15.4 Å². The van der Waals surface area contributed by atoms with Gasteiger partial charge in [0, 0.05) is 17.6 Å². The highest BCUT2D eigenvalue weighted by molar-refractivity contribution is 7.21. The van der Waals surface area contributed by atoms with Gasteiger partial charge in [-0.2, -0.15) is 0 Å². The molecule has 0 radical (unpaired) electrons. The van der Waals surface area contributed by atoms with E-state index in [1.54, 1.807) is 6.92 Å². The van der Waals surface area contributed by atoms with Crippen molar-refractivity contribution in [2.45, 2.75) is 40.2 Å². The van der Waals surface area contributed by atoms with Crippen LogP contribution in [0.15, 0.2) is 30.3 Å². The lowest BCUT2D eigenvalue weighted by Crippen LogP contribution is -2.41. The molecule has 0 spiro atoms. The monoisotopic (exact) mass is 346 g/mol. The van der Waals surface area contributed by atoms with E-state index in [1.807, 2.05) is 30.3 Å². The second-order valence-electron chi connectivity index (χ2n) is 6.52. The number of nitrogens with two attached hydrogens (primary N) is 1. The first-order valence-electron chi connectivity index (χ1n) is 8.23. The number of rotatable bonds is 5. The Morgan fingerprint density at radius 1 is 1.21 bits per heavy atom. The van der Waals surface area contributed by atoms with E-state index in [0.717, 1.165) is 22.7 Å². The van der Waals surface area contributed by atoms with E-state index in [9.17, 15) is 4.79 Å². The molecule has 24 heavy (non-hydrogen) atoms. The Hall–Kier alpha value is -2.01. The molecule has 0 aliphatic heterocycles. The lowest BCUT2D eigenvalue weighted by atomic mass is 10.00. The number of benzene rings is 1. The minimum absolute atomic E-state index is 0.0818. The van der Waals surface area contributed by atoms with Crippen LogP contribution in [0.3, 0.4) is 0 Å². The fourth-order valence-corrected chi connectivity index (χ4v) is 4.16. The molecule has 2 aromatic rings. The maximum Gasteiger partial charge on any atom is 0.341 e. The maximum absolute atomic E-state index is 12.5. The number of hydrogen-bond acceptors (Lipinski definition) is 5. The summed E-state index contributed by atoms with van der Waals surface area (Å²) in [5.74, 6) is -0.360. The molecule has 2 rings (SSSR count). The first kappa shape index (κ1) is 18.3. The number of carbonyl (C=O) groups excluding carboxylic acids is 1. The summed E-state index contributed by atoms with van der Waals surface area (Å²) >= 11 is 1.45. The van der Waals surface area contributed by atoms with Gasteiger partial charge in [0.05, 0.1) is 6.61 Å². The smallest absolute Gasteiger partial charge is 0.341 e. The van der Waals surface area contributed by atoms with Gasteiger partial charge in [-0.1, -0.05) is 41.7 Å². The van der Waals surface area contributed by atoms with Gasteiger partial charge in [-0.25, -0.2) is 4.79 Å². The van der Waals surface area contributed by atoms with Crippen LogP contribution in [0.25, 0.3) is 11.1 Å². The van der Waals surface area contributed by atoms with Gasteiger partial charge in [-0.15, -0.1) is 0 Å². The van der Waals surface area contributed by atoms with Crippen LogP contribution >= 0.6 is 11.3 Å². The molecule has 2 N–H and O–H groups in total. The molecular formula is C19H26N2O2S. The number of nitrogen functional groups attached to an aromatic ring is 1. The molecule has 0 aliphatic rings. The molecule has 1 aromatic carbocycles. The van der Waals surface area contributed by atoms with Crippen molar-refractivity contribution in [3.05, 3.63) is 35.9 Å². The third kappa shape index (κ3) is 3.56. The van der Waals surface area contributed by atoms with E-state index in [4.69, 9.17) is 10.5 Å². The predicted octanol–water partition coefficient (Wildman–Crippen LogP) is 4.80. The lowest BCUT2D eigenvalue weighted by molar-refractivity contribution is 0.0529. The van der Waals surface area contributed by atoms with Crippen molar-refractivity contribution in [2.24, 2.45) is 0 Å². The summed E-state index contributed by atoms with van der Waals surface area (Å²) in [4.78, 5) is 14.8. The molecular weight excluding hydrogens is 320 g/mol. The molecule has 0 amide bonds. The van der Waals surface area contributed by atoms with Crippen LogP contribution in [-0.2, 0) is 4.74 Å². The first-order valence-corrected chi connectivity index (χ1v) is 9.05. The SMILES string of the molecule is CCOC(=O)c1c(N)sc(N(CC)C(C)(C)C)c1-c1ccccc1. The van der Waals surface area contributed by atoms with Gasteiger partial charge >= 0.3 is 5.97 Å².